The molecule has 0 aromatic heterocycles. The Hall–Kier alpha value is -2.68. The highest BCUT2D eigenvalue weighted by Crippen LogP contribution is 2.42. The van der Waals surface area contributed by atoms with Crippen LogP contribution in [-0.4, -0.2) is 0 Å². The fourth-order valence-electron chi connectivity index (χ4n) is 3.52. The molecule has 25 heavy (non-hydrogen) atoms. The third-order valence-electron chi connectivity index (χ3n) is 5.10. The number of benzene rings is 3. The molecule has 0 unspecified atom stereocenters. The molecule has 0 radical (unpaired) electrons. The van der Waals surface area contributed by atoms with E-state index in [4.69, 9.17) is 5.73 Å². The molecule has 1 nitrogen and oxygen atoms in total. The van der Waals surface area contributed by atoms with E-state index < -0.39 is 11.6 Å². The SMILES string of the molecule is Nc1ccccc1-c1cc(F)c(-c2ccccc2C2CCC2)cc1F. The largest absolute Gasteiger partial charge is 0.398 e. The van der Waals surface area contributed by atoms with Crippen LogP contribution < -0.4 is 5.73 Å². The van der Waals surface area contributed by atoms with Crippen LogP contribution in [0.1, 0.15) is 30.7 Å². The highest BCUT2D eigenvalue weighted by molar-refractivity contribution is 5.79. The average molecular weight is 335 g/mol. The molecule has 1 saturated carbocycles. The highest BCUT2D eigenvalue weighted by Gasteiger charge is 2.24. The normalized spacial score (nSPS) is 14.3. The minimum Gasteiger partial charge on any atom is -0.398 e. The molecule has 126 valence electrons. The smallest absolute Gasteiger partial charge is 0.131 e. The maximum atomic E-state index is 14.9. The van der Waals surface area contributed by atoms with Gasteiger partial charge in [-0.1, -0.05) is 48.9 Å². The van der Waals surface area contributed by atoms with E-state index in [-0.39, 0.29) is 5.56 Å². The number of nitrogen functional groups attached to an aromatic ring is 1. The third-order valence-corrected chi connectivity index (χ3v) is 5.10. The third kappa shape index (κ3) is 2.80. The molecule has 0 saturated heterocycles. The lowest BCUT2D eigenvalue weighted by atomic mass is 9.77. The van der Waals surface area contributed by atoms with Gasteiger partial charge in [0, 0.05) is 22.4 Å². The topological polar surface area (TPSA) is 26.0 Å². The summed E-state index contributed by atoms with van der Waals surface area (Å²) in [5.74, 6) is -0.438. The van der Waals surface area contributed by atoms with Gasteiger partial charge in [0.2, 0.25) is 0 Å². The van der Waals surface area contributed by atoms with E-state index in [0.717, 1.165) is 24.0 Å². The molecular weight excluding hydrogens is 316 g/mol. The van der Waals surface area contributed by atoms with Crippen LogP contribution in [0.15, 0.2) is 60.7 Å². The molecule has 0 spiro atoms. The number of rotatable bonds is 3. The van der Waals surface area contributed by atoms with Gasteiger partial charge >= 0.3 is 0 Å². The monoisotopic (exact) mass is 335 g/mol. The van der Waals surface area contributed by atoms with Crippen molar-refractivity contribution in [3.8, 4) is 22.3 Å². The van der Waals surface area contributed by atoms with Gasteiger partial charge in [-0.05, 0) is 48.1 Å². The van der Waals surface area contributed by atoms with Gasteiger partial charge in [-0.3, -0.25) is 0 Å². The van der Waals surface area contributed by atoms with Crippen molar-refractivity contribution in [2.24, 2.45) is 0 Å². The lowest BCUT2D eigenvalue weighted by Crippen LogP contribution is -2.10. The van der Waals surface area contributed by atoms with Crippen molar-refractivity contribution < 1.29 is 8.78 Å². The van der Waals surface area contributed by atoms with Crippen molar-refractivity contribution in [3.05, 3.63) is 77.9 Å². The molecule has 0 heterocycles. The second-order valence-electron chi connectivity index (χ2n) is 6.61. The molecule has 1 fully saturated rings. The Morgan fingerprint density at radius 2 is 1.28 bits per heavy atom. The van der Waals surface area contributed by atoms with Crippen molar-refractivity contribution in [1.29, 1.82) is 0 Å². The van der Waals surface area contributed by atoms with Gasteiger partial charge in [0.15, 0.2) is 0 Å². The van der Waals surface area contributed by atoms with Crippen LogP contribution in [0.2, 0.25) is 0 Å². The highest BCUT2D eigenvalue weighted by atomic mass is 19.1. The summed E-state index contributed by atoms with van der Waals surface area (Å²) in [6.45, 7) is 0. The van der Waals surface area contributed by atoms with Gasteiger partial charge in [0.1, 0.15) is 11.6 Å². The van der Waals surface area contributed by atoms with E-state index >= 15 is 0 Å². The van der Waals surface area contributed by atoms with Crippen molar-refractivity contribution in [2.45, 2.75) is 25.2 Å². The summed E-state index contributed by atoms with van der Waals surface area (Å²) in [4.78, 5) is 0. The fraction of sp³-hybridized carbons (Fsp3) is 0.182. The number of para-hydroxylation sites is 1. The molecule has 3 heteroatoms. The van der Waals surface area contributed by atoms with Gasteiger partial charge in [0.25, 0.3) is 0 Å². The fourth-order valence-corrected chi connectivity index (χ4v) is 3.52. The zero-order valence-corrected chi connectivity index (χ0v) is 13.8. The molecule has 2 N–H and O–H groups in total. The van der Waals surface area contributed by atoms with E-state index in [1.807, 2.05) is 24.3 Å². The van der Waals surface area contributed by atoms with Crippen LogP contribution >= 0.6 is 0 Å². The molecule has 1 aliphatic carbocycles. The van der Waals surface area contributed by atoms with Crippen LogP contribution in [0, 0.1) is 11.6 Å². The van der Waals surface area contributed by atoms with Crippen molar-refractivity contribution in [3.63, 3.8) is 0 Å². The van der Waals surface area contributed by atoms with Crippen molar-refractivity contribution >= 4 is 5.69 Å². The Bertz CT molecular complexity index is 929. The van der Waals surface area contributed by atoms with Crippen LogP contribution in [0.5, 0.6) is 0 Å². The van der Waals surface area contributed by atoms with Gasteiger partial charge in [-0.2, -0.15) is 0 Å². The van der Waals surface area contributed by atoms with Crippen molar-refractivity contribution in [2.75, 3.05) is 5.73 Å². The Morgan fingerprint density at radius 1 is 0.720 bits per heavy atom. The molecule has 0 atom stereocenters. The molecule has 3 aromatic rings. The first-order chi connectivity index (χ1) is 12.1. The average Bonchev–Trinajstić information content (AvgIpc) is 2.56. The van der Waals surface area contributed by atoms with Crippen LogP contribution in [-0.2, 0) is 0 Å². The van der Waals surface area contributed by atoms with Crippen LogP contribution in [0.4, 0.5) is 14.5 Å². The predicted octanol–water partition coefficient (Wildman–Crippen LogP) is 6.15. The molecular formula is C22H19F2N. The Kier molecular flexibility index (Phi) is 4.00. The molecule has 4 rings (SSSR count). The lowest BCUT2D eigenvalue weighted by molar-refractivity contribution is 0.420. The second-order valence-corrected chi connectivity index (χ2v) is 6.61. The zero-order chi connectivity index (χ0) is 17.4. The summed E-state index contributed by atoms with van der Waals surface area (Å²) in [5, 5.41) is 0. The lowest BCUT2D eigenvalue weighted by Gasteiger charge is -2.28. The number of anilines is 1. The quantitative estimate of drug-likeness (QED) is 0.571. The van der Waals surface area contributed by atoms with Crippen LogP contribution in [0.3, 0.4) is 0 Å². The van der Waals surface area contributed by atoms with Crippen LogP contribution in [0.25, 0.3) is 22.3 Å². The molecule has 1 aliphatic rings. The molecule has 0 bridgehead atoms. The van der Waals surface area contributed by atoms with E-state index in [1.54, 1.807) is 24.3 Å². The standard InChI is InChI=1S/C22H19F2N/c23-20-13-19(17-10-3-4-11-22(17)25)21(24)12-18(20)16-9-2-1-8-15(16)14-6-5-7-14/h1-4,8-14H,5-7,25H2. The van der Waals surface area contributed by atoms with E-state index in [0.29, 0.717) is 22.7 Å². The number of halogens is 2. The summed E-state index contributed by atoms with van der Waals surface area (Å²) in [6, 6.07) is 17.2. The molecule has 0 amide bonds. The molecule has 0 aliphatic heterocycles. The van der Waals surface area contributed by atoms with Crippen molar-refractivity contribution in [1.82, 2.24) is 0 Å². The summed E-state index contributed by atoms with van der Waals surface area (Å²) in [6.07, 6.45) is 3.42. The van der Waals surface area contributed by atoms with E-state index in [1.165, 1.54) is 18.6 Å². The van der Waals surface area contributed by atoms with E-state index in [9.17, 15) is 8.78 Å². The Morgan fingerprint density at radius 3 is 1.88 bits per heavy atom. The summed E-state index contributed by atoms with van der Waals surface area (Å²) >= 11 is 0. The first-order valence-electron chi connectivity index (χ1n) is 8.58. The molecule has 3 aromatic carbocycles. The Balaban J connectivity index is 1.84. The van der Waals surface area contributed by atoms with E-state index in [2.05, 4.69) is 0 Å². The number of nitrogens with two attached hydrogens (primary N) is 1. The van der Waals surface area contributed by atoms with Gasteiger partial charge < -0.3 is 5.73 Å². The van der Waals surface area contributed by atoms with Gasteiger partial charge in [0.05, 0.1) is 0 Å². The first kappa shape index (κ1) is 15.8. The predicted molar refractivity (Wildman–Crippen MR) is 98.2 cm³/mol. The second kappa shape index (κ2) is 6.32. The summed E-state index contributed by atoms with van der Waals surface area (Å²) in [7, 11) is 0. The van der Waals surface area contributed by atoms with Gasteiger partial charge in [-0.25, -0.2) is 8.78 Å². The minimum absolute atomic E-state index is 0.195. The number of hydrogen-bond donors (Lipinski definition) is 1. The Labute approximate surface area is 146 Å². The first-order valence-corrected chi connectivity index (χ1v) is 8.58. The maximum Gasteiger partial charge on any atom is 0.131 e. The van der Waals surface area contributed by atoms with Gasteiger partial charge in [-0.15, -0.1) is 0 Å². The number of hydrogen-bond acceptors (Lipinski definition) is 1. The summed E-state index contributed by atoms with van der Waals surface area (Å²) in [5.41, 5.74) is 9.28. The zero-order valence-electron chi connectivity index (χ0n) is 13.8. The maximum absolute atomic E-state index is 14.9. The minimum atomic E-state index is -0.460. The summed E-state index contributed by atoms with van der Waals surface area (Å²) < 4.78 is 29.7.